The van der Waals surface area contributed by atoms with Crippen LogP contribution in [0.2, 0.25) is 0 Å². The third kappa shape index (κ3) is 7.76. The van der Waals surface area contributed by atoms with Gasteiger partial charge in [-0.1, -0.05) is 302 Å². The molecule has 0 aromatic heterocycles. The van der Waals surface area contributed by atoms with E-state index in [-0.39, 0.29) is 16.2 Å². The van der Waals surface area contributed by atoms with Crippen molar-refractivity contribution in [3.63, 3.8) is 0 Å². The quantitative estimate of drug-likeness (QED) is 0.140. The van der Waals surface area contributed by atoms with E-state index in [4.69, 9.17) is 0 Å². The number of hydrogen-bond donors (Lipinski definition) is 0. The van der Waals surface area contributed by atoms with E-state index in [1.165, 1.54) is 188 Å². The summed E-state index contributed by atoms with van der Waals surface area (Å²) in [5.74, 6) is 0. The summed E-state index contributed by atoms with van der Waals surface area (Å²) in [7, 11) is 0. The molecule has 0 atom stereocenters. The largest absolute Gasteiger partial charge is 0.0622 e. The van der Waals surface area contributed by atoms with E-state index in [0.29, 0.717) is 0 Å². The van der Waals surface area contributed by atoms with Gasteiger partial charge in [-0.25, -0.2) is 0 Å². The van der Waals surface area contributed by atoms with Gasteiger partial charge in [-0.05, 0) is 218 Å². The van der Waals surface area contributed by atoms with Gasteiger partial charge in [-0.2, -0.15) is 0 Å². The minimum absolute atomic E-state index is 0.117. The third-order valence-corrected chi connectivity index (χ3v) is 21.5. The van der Waals surface area contributed by atoms with Crippen molar-refractivity contribution < 1.29 is 0 Å². The molecule has 0 unspecified atom stereocenters. The van der Waals surface area contributed by atoms with Crippen molar-refractivity contribution in [1.82, 2.24) is 0 Å². The Morgan fingerprint density at radius 3 is 0.835 bits per heavy atom. The summed E-state index contributed by atoms with van der Waals surface area (Å²) >= 11 is 0. The minimum Gasteiger partial charge on any atom is -0.0622 e. The second-order valence-electron chi connectivity index (χ2n) is 27.4. The van der Waals surface area contributed by atoms with E-state index in [1.54, 1.807) is 0 Å². The maximum absolute atomic E-state index is 2.54. The molecule has 15 aromatic carbocycles. The topological polar surface area (TPSA) is 0 Å². The summed E-state index contributed by atoms with van der Waals surface area (Å²) in [5, 5.41) is 10.2. The van der Waals surface area contributed by atoms with Gasteiger partial charge < -0.3 is 0 Å². The molecule has 91 heavy (non-hydrogen) atoms. The van der Waals surface area contributed by atoms with E-state index in [1.807, 2.05) is 0 Å². The summed E-state index contributed by atoms with van der Waals surface area (Å²) in [6, 6.07) is 111. The van der Waals surface area contributed by atoms with Crippen LogP contribution in [0.3, 0.4) is 0 Å². The van der Waals surface area contributed by atoms with Gasteiger partial charge in [0.05, 0.1) is 0 Å². The lowest BCUT2D eigenvalue weighted by Gasteiger charge is -2.25. The number of rotatable bonds is 7. The Morgan fingerprint density at radius 2 is 0.429 bits per heavy atom. The Kier molecular flexibility index (Phi) is 11.5. The van der Waals surface area contributed by atoms with Gasteiger partial charge >= 0.3 is 0 Å². The van der Waals surface area contributed by atoms with Gasteiger partial charge in [-0.15, -0.1) is 0 Å². The first kappa shape index (κ1) is 53.4. The Hall–Kier alpha value is -10.7. The molecule has 0 amide bonds. The fourth-order valence-electron chi connectivity index (χ4n) is 17.0. The van der Waals surface area contributed by atoms with Gasteiger partial charge in [0.15, 0.2) is 0 Å². The summed E-state index contributed by atoms with van der Waals surface area (Å²) in [5.41, 5.74) is 33.1. The van der Waals surface area contributed by atoms with Crippen LogP contribution < -0.4 is 0 Å². The lowest BCUT2D eigenvalue weighted by Crippen LogP contribution is -2.15. The highest BCUT2D eigenvalue weighted by Gasteiger charge is 2.40. The van der Waals surface area contributed by atoms with Crippen LogP contribution in [0.5, 0.6) is 0 Å². The van der Waals surface area contributed by atoms with Crippen molar-refractivity contribution in [1.29, 1.82) is 0 Å². The molecule has 0 radical (unpaired) electrons. The fraction of sp³-hybridized carbons (Fsp3) is 0.0989. The molecule has 3 aliphatic rings. The second kappa shape index (κ2) is 19.7. The van der Waals surface area contributed by atoms with Gasteiger partial charge in [0.1, 0.15) is 0 Å². The SMILES string of the molecule is CC1(C)c2ccccc2-c2ccc(-c3c4ccccc4c(-c4ccc5c(c4)C(C)(C)c4cc(-c6ccc7c(c6)C(C)(C)c6cc(-c8c9ccccc9c(-c9ccccc9)c9cccc(-c%10ccccc%10)c89)ccc6-7)ccc4-5)c4c(-c5ccccc5)cccc34)cc21. The summed E-state index contributed by atoms with van der Waals surface area (Å²) < 4.78 is 0. The van der Waals surface area contributed by atoms with Gasteiger partial charge in [-0.3, -0.25) is 0 Å². The van der Waals surface area contributed by atoms with Crippen molar-refractivity contribution in [2.45, 2.75) is 57.8 Å². The Labute approximate surface area is 533 Å². The van der Waals surface area contributed by atoms with Crippen LogP contribution in [-0.2, 0) is 16.2 Å². The maximum atomic E-state index is 2.54. The molecule has 0 saturated heterocycles. The maximum Gasteiger partial charge on any atom is 0.0159 e. The summed E-state index contributed by atoms with van der Waals surface area (Å²) in [6.07, 6.45) is 0. The normalized spacial score (nSPS) is 14.3. The smallest absolute Gasteiger partial charge is 0.0159 e. The molecule has 0 heteroatoms. The zero-order chi connectivity index (χ0) is 61.1. The van der Waals surface area contributed by atoms with E-state index in [9.17, 15) is 0 Å². The van der Waals surface area contributed by atoms with Crippen LogP contribution >= 0.6 is 0 Å². The Morgan fingerprint density at radius 1 is 0.165 bits per heavy atom. The fourth-order valence-corrected chi connectivity index (χ4v) is 17.0. The molecule has 3 aliphatic carbocycles. The molecule has 0 nitrogen and oxygen atoms in total. The molecule has 0 aliphatic heterocycles. The highest BCUT2D eigenvalue weighted by molar-refractivity contribution is 6.26. The third-order valence-electron chi connectivity index (χ3n) is 21.5. The van der Waals surface area contributed by atoms with Crippen molar-refractivity contribution in [3.8, 4) is 111 Å². The highest BCUT2D eigenvalue weighted by atomic mass is 14.4. The van der Waals surface area contributed by atoms with Crippen molar-refractivity contribution in [2.75, 3.05) is 0 Å². The zero-order valence-electron chi connectivity index (χ0n) is 52.2. The first-order valence-electron chi connectivity index (χ1n) is 32.4. The Balaban J connectivity index is 0.739. The monoisotopic (exact) mass is 1160 g/mol. The molecule has 0 fully saturated rings. The van der Waals surface area contributed by atoms with E-state index in [0.717, 1.165) is 0 Å². The molecule has 0 bridgehead atoms. The number of fused-ring (bicyclic) bond motifs is 13. The molecule has 0 spiro atoms. The van der Waals surface area contributed by atoms with Crippen LogP contribution in [0.1, 0.15) is 74.9 Å². The summed E-state index contributed by atoms with van der Waals surface area (Å²) in [6.45, 7) is 14.5. The van der Waals surface area contributed by atoms with E-state index >= 15 is 0 Å². The lowest BCUT2D eigenvalue weighted by atomic mass is 9.78. The summed E-state index contributed by atoms with van der Waals surface area (Å²) in [4.78, 5) is 0. The van der Waals surface area contributed by atoms with Crippen molar-refractivity contribution in [3.05, 3.63) is 325 Å². The molecule has 15 aromatic rings. The average molecular weight is 1160 g/mol. The standard InChI is InChI=1S/C91H66/c1-89(2)77-39-21-20-30-65(77)66-47-42-60(52-80(66)89)84-72-32-17-19-34-74(72)86(88-64(36-23-38-76(84)88)56-26-12-8-13-27-56)62-44-49-70-68-46-41-59(51-79(68)91(5,6)82(70)54-62)58-40-45-67-69-48-43-61(53-81(69)90(3,4)78(67)50-58)85-73-33-18-16-31-71(73)83(57-28-14-9-15-29-57)75-37-22-35-63(87(75)85)55-24-10-7-11-25-55/h7-54H,1-6H3. The molecule has 0 heterocycles. The molecule has 0 saturated carbocycles. The highest BCUT2D eigenvalue weighted by Crippen LogP contribution is 2.57. The van der Waals surface area contributed by atoms with Crippen LogP contribution in [0.15, 0.2) is 291 Å². The molecule has 0 N–H and O–H groups in total. The van der Waals surface area contributed by atoms with E-state index < -0.39 is 0 Å². The number of benzene rings is 15. The van der Waals surface area contributed by atoms with E-state index in [2.05, 4.69) is 333 Å². The van der Waals surface area contributed by atoms with Gasteiger partial charge in [0.2, 0.25) is 0 Å². The predicted molar refractivity (Wildman–Crippen MR) is 387 cm³/mol. The molecular formula is C91H66. The minimum atomic E-state index is -0.268. The van der Waals surface area contributed by atoms with Crippen molar-refractivity contribution >= 4 is 43.1 Å². The van der Waals surface area contributed by atoms with Crippen LogP contribution in [0.4, 0.5) is 0 Å². The van der Waals surface area contributed by atoms with Crippen LogP contribution in [0, 0.1) is 0 Å². The first-order valence-corrected chi connectivity index (χ1v) is 32.4. The zero-order valence-corrected chi connectivity index (χ0v) is 52.2. The average Bonchev–Trinajstić information content (AvgIpc) is 1.67. The van der Waals surface area contributed by atoms with Crippen LogP contribution in [0.25, 0.3) is 154 Å². The molecule has 430 valence electrons. The van der Waals surface area contributed by atoms with Crippen LogP contribution in [-0.4, -0.2) is 0 Å². The van der Waals surface area contributed by atoms with Gasteiger partial charge in [0.25, 0.3) is 0 Å². The predicted octanol–water partition coefficient (Wildman–Crippen LogP) is 24.9. The molecular weight excluding hydrogens is 1090 g/mol. The lowest BCUT2D eigenvalue weighted by molar-refractivity contribution is 0.660. The number of hydrogen-bond acceptors (Lipinski definition) is 0. The van der Waals surface area contributed by atoms with Crippen molar-refractivity contribution in [2.24, 2.45) is 0 Å². The Bertz CT molecular complexity index is 5580. The second-order valence-corrected chi connectivity index (χ2v) is 27.4. The molecule has 18 rings (SSSR count). The first-order chi connectivity index (χ1) is 44.4. The van der Waals surface area contributed by atoms with Gasteiger partial charge in [0, 0.05) is 16.2 Å².